The highest BCUT2D eigenvalue weighted by Gasteiger charge is 2.46. The maximum absolute atomic E-state index is 13.0. The molecule has 1 saturated heterocycles. The summed E-state index contributed by atoms with van der Waals surface area (Å²) in [5.74, 6) is -0.628. The number of Topliss-reactive ketones (excluding diaryl/α,β-unsaturated/α-hetero) is 1. The van der Waals surface area contributed by atoms with Crippen LogP contribution in [0.15, 0.2) is 77.2 Å². The molecule has 0 radical (unpaired) electrons. The largest absolute Gasteiger partial charge is 0.507 e. The van der Waals surface area contributed by atoms with E-state index in [0.717, 1.165) is 0 Å². The Hall–Kier alpha value is -3.87. The second kappa shape index (κ2) is 8.24. The van der Waals surface area contributed by atoms with Gasteiger partial charge in [-0.05, 0) is 42.8 Å². The number of ketones is 1. The summed E-state index contributed by atoms with van der Waals surface area (Å²) in [6.45, 7) is 2.41. The molecule has 1 N–H and O–H groups in total. The number of aliphatic hydroxyl groups is 1. The van der Waals surface area contributed by atoms with E-state index in [1.165, 1.54) is 11.2 Å². The van der Waals surface area contributed by atoms with Gasteiger partial charge in [0.1, 0.15) is 17.3 Å². The molecule has 3 aromatic rings. The van der Waals surface area contributed by atoms with Gasteiger partial charge in [0.25, 0.3) is 11.7 Å². The van der Waals surface area contributed by atoms with E-state index < -0.39 is 17.7 Å². The van der Waals surface area contributed by atoms with Gasteiger partial charge < -0.3 is 19.2 Å². The maximum atomic E-state index is 13.0. The van der Waals surface area contributed by atoms with Crippen molar-refractivity contribution in [2.75, 3.05) is 6.61 Å². The molecular formula is C23H20N2O5. The van der Waals surface area contributed by atoms with Crippen LogP contribution < -0.4 is 4.74 Å². The van der Waals surface area contributed by atoms with Crippen molar-refractivity contribution >= 4 is 17.4 Å². The number of amides is 1. The van der Waals surface area contributed by atoms with Crippen LogP contribution in [0.3, 0.4) is 0 Å². The van der Waals surface area contributed by atoms with Gasteiger partial charge in [-0.25, -0.2) is 0 Å². The van der Waals surface area contributed by atoms with Crippen molar-refractivity contribution in [1.29, 1.82) is 0 Å². The Morgan fingerprint density at radius 3 is 2.77 bits per heavy atom. The summed E-state index contributed by atoms with van der Waals surface area (Å²) < 4.78 is 10.9. The zero-order valence-corrected chi connectivity index (χ0v) is 16.3. The number of aromatic nitrogens is 1. The van der Waals surface area contributed by atoms with Gasteiger partial charge in [-0.2, -0.15) is 0 Å². The summed E-state index contributed by atoms with van der Waals surface area (Å²) in [6.07, 6.45) is 4.69. The third-order valence-corrected chi connectivity index (χ3v) is 4.86. The van der Waals surface area contributed by atoms with Crippen LogP contribution in [0.5, 0.6) is 5.75 Å². The molecular weight excluding hydrogens is 384 g/mol. The number of benzene rings is 1. The fourth-order valence-corrected chi connectivity index (χ4v) is 3.55. The number of furan rings is 1. The van der Waals surface area contributed by atoms with E-state index in [0.29, 0.717) is 29.2 Å². The van der Waals surface area contributed by atoms with Gasteiger partial charge >= 0.3 is 0 Å². The first-order chi connectivity index (χ1) is 14.6. The van der Waals surface area contributed by atoms with Crippen molar-refractivity contribution in [3.05, 3.63) is 89.6 Å². The predicted octanol–water partition coefficient (Wildman–Crippen LogP) is 3.70. The molecule has 7 nitrogen and oxygen atoms in total. The zero-order chi connectivity index (χ0) is 21.1. The Balaban J connectivity index is 1.84. The van der Waals surface area contributed by atoms with Crippen molar-refractivity contribution in [2.24, 2.45) is 0 Å². The fourth-order valence-electron chi connectivity index (χ4n) is 3.55. The lowest BCUT2D eigenvalue weighted by Crippen LogP contribution is -2.29. The summed E-state index contributed by atoms with van der Waals surface area (Å²) in [5.41, 5.74) is 1.02. The first-order valence-electron chi connectivity index (χ1n) is 9.54. The third-order valence-electron chi connectivity index (χ3n) is 4.86. The van der Waals surface area contributed by atoms with Gasteiger partial charge in [0.15, 0.2) is 0 Å². The van der Waals surface area contributed by atoms with Crippen molar-refractivity contribution in [1.82, 2.24) is 9.88 Å². The molecule has 1 aliphatic rings. The number of ether oxygens (including phenoxy) is 1. The Morgan fingerprint density at radius 2 is 2.07 bits per heavy atom. The van der Waals surface area contributed by atoms with E-state index in [4.69, 9.17) is 9.15 Å². The Morgan fingerprint density at radius 1 is 1.20 bits per heavy atom. The lowest BCUT2D eigenvalue weighted by molar-refractivity contribution is -0.140. The molecule has 0 spiro atoms. The molecule has 1 aromatic carbocycles. The minimum atomic E-state index is -0.792. The average molecular weight is 404 g/mol. The monoisotopic (exact) mass is 404 g/mol. The number of carbonyl (C=O) groups is 2. The van der Waals surface area contributed by atoms with Crippen molar-refractivity contribution in [2.45, 2.75) is 19.5 Å². The summed E-state index contributed by atoms with van der Waals surface area (Å²) >= 11 is 0. The minimum absolute atomic E-state index is 0.00760. The van der Waals surface area contributed by atoms with Gasteiger partial charge in [-0.3, -0.25) is 14.6 Å². The summed E-state index contributed by atoms with van der Waals surface area (Å²) in [7, 11) is 0. The summed E-state index contributed by atoms with van der Waals surface area (Å²) in [6, 6.07) is 12.9. The van der Waals surface area contributed by atoms with Gasteiger partial charge in [-0.1, -0.05) is 18.2 Å². The molecule has 30 heavy (non-hydrogen) atoms. The molecule has 1 atom stereocenters. The highest BCUT2D eigenvalue weighted by Crippen LogP contribution is 2.40. The molecule has 4 rings (SSSR count). The van der Waals surface area contributed by atoms with Crippen LogP contribution in [0.2, 0.25) is 0 Å². The Kier molecular flexibility index (Phi) is 5.34. The van der Waals surface area contributed by atoms with E-state index in [1.807, 2.05) is 6.92 Å². The molecule has 0 bridgehead atoms. The number of pyridine rings is 1. The highest BCUT2D eigenvalue weighted by atomic mass is 16.5. The first kappa shape index (κ1) is 19.4. The van der Waals surface area contributed by atoms with Crippen LogP contribution in [-0.2, 0) is 16.1 Å². The lowest BCUT2D eigenvalue weighted by Gasteiger charge is -2.24. The normalized spacial score (nSPS) is 18.0. The van der Waals surface area contributed by atoms with Crippen LogP contribution in [0, 0.1) is 0 Å². The van der Waals surface area contributed by atoms with Crippen molar-refractivity contribution < 1.29 is 23.8 Å². The van der Waals surface area contributed by atoms with Crippen LogP contribution >= 0.6 is 0 Å². The number of carbonyl (C=O) groups excluding carboxylic acids is 2. The Labute approximate surface area is 173 Å². The third kappa shape index (κ3) is 3.57. The predicted molar refractivity (Wildman–Crippen MR) is 108 cm³/mol. The molecule has 1 fully saturated rings. The zero-order valence-electron chi connectivity index (χ0n) is 16.3. The topological polar surface area (TPSA) is 92.9 Å². The standard InChI is InChI=1S/C23H20N2O5/c1-2-29-17-8-3-6-15(12-17)21(26)19-20(16-7-4-10-24-13-16)25(23(28)22(19)27)14-18-9-5-11-30-18/h3-13,20,26H,2,14H2,1H3/b21-19+. The smallest absolute Gasteiger partial charge is 0.296 e. The van der Waals surface area contributed by atoms with E-state index >= 15 is 0 Å². The fraction of sp³-hybridized carbons (Fsp3) is 0.174. The summed E-state index contributed by atoms with van der Waals surface area (Å²) in [5, 5.41) is 11.1. The van der Waals surface area contributed by atoms with E-state index in [2.05, 4.69) is 4.98 Å². The second-order valence-corrected chi connectivity index (χ2v) is 6.75. The van der Waals surface area contributed by atoms with Crippen LogP contribution in [0.4, 0.5) is 0 Å². The van der Waals surface area contributed by atoms with Gasteiger partial charge in [0.05, 0.1) is 31.0 Å². The van der Waals surface area contributed by atoms with Crippen molar-refractivity contribution in [3.63, 3.8) is 0 Å². The lowest BCUT2D eigenvalue weighted by atomic mass is 9.96. The average Bonchev–Trinajstić information content (AvgIpc) is 3.37. The van der Waals surface area contributed by atoms with E-state index in [1.54, 1.807) is 60.9 Å². The minimum Gasteiger partial charge on any atom is -0.507 e. The second-order valence-electron chi connectivity index (χ2n) is 6.75. The van der Waals surface area contributed by atoms with Gasteiger partial charge in [0, 0.05) is 18.0 Å². The van der Waals surface area contributed by atoms with Crippen LogP contribution in [0.25, 0.3) is 5.76 Å². The Bertz CT molecular complexity index is 1090. The molecule has 1 amide bonds. The molecule has 0 saturated carbocycles. The first-order valence-corrected chi connectivity index (χ1v) is 9.54. The number of likely N-dealkylation sites (tertiary alicyclic amines) is 1. The highest BCUT2D eigenvalue weighted by molar-refractivity contribution is 6.46. The molecule has 1 aliphatic heterocycles. The summed E-state index contributed by atoms with van der Waals surface area (Å²) in [4.78, 5) is 31.3. The van der Waals surface area contributed by atoms with Gasteiger partial charge in [0.2, 0.25) is 0 Å². The van der Waals surface area contributed by atoms with Crippen LogP contribution in [-0.4, -0.2) is 33.3 Å². The number of rotatable bonds is 6. The van der Waals surface area contributed by atoms with E-state index in [9.17, 15) is 14.7 Å². The number of hydrogen-bond donors (Lipinski definition) is 1. The quantitative estimate of drug-likeness (QED) is 0.383. The molecule has 2 aromatic heterocycles. The SMILES string of the molecule is CCOc1cccc(/C(O)=C2\C(=O)C(=O)N(Cc3ccco3)C2c2cccnc2)c1. The van der Waals surface area contributed by atoms with Gasteiger partial charge in [-0.15, -0.1) is 0 Å². The maximum Gasteiger partial charge on any atom is 0.296 e. The molecule has 7 heteroatoms. The molecule has 0 aliphatic carbocycles. The number of nitrogens with zero attached hydrogens (tertiary/aromatic N) is 2. The molecule has 152 valence electrons. The van der Waals surface area contributed by atoms with Crippen LogP contribution in [0.1, 0.15) is 29.9 Å². The number of aliphatic hydroxyl groups excluding tert-OH is 1. The number of hydrogen-bond acceptors (Lipinski definition) is 6. The van der Waals surface area contributed by atoms with Crippen molar-refractivity contribution in [3.8, 4) is 5.75 Å². The molecule has 3 heterocycles. The van der Waals surface area contributed by atoms with E-state index in [-0.39, 0.29) is 17.9 Å². The molecule has 1 unspecified atom stereocenters.